The van der Waals surface area contributed by atoms with E-state index in [4.69, 9.17) is 4.74 Å². The maximum absolute atomic E-state index is 13.1. The summed E-state index contributed by atoms with van der Waals surface area (Å²) < 4.78 is 5.70. The molecule has 0 aliphatic carbocycles. The predicted octanol–water partition coefficient (Wildman–Crippen LogP) is 2.99. The first-order valence-electron chi connectivity index (χ1n) is 8.75. The van der Waals surface area contributed by atoms with Gasteiger partial charge >= 0.3 is 0 Å². The Hall–Kier alpha value is -2.30. The number of likely N-dealkylation sites (tertiary alicyclic amines) is 1. The van der Waals surface area contributed by atoms with Crippen LogP contribution >= 0.6 is 0 Å². The summed E-state index contributed by atoms with van der Waals surface area (Å²) in [6.07, 6.45) is 2.89. The van der Waals surface area contributed by atoms with Crippen LogP contribution in [0.3, 0.4) is 0 Å². The van der Waals surface area contributed by atoms with Gasteiger partial charge in [0.25, 0.3) is 0 Å². The van der Waals surface area contributed by atoms with E-state index in [1.165, 1.54) is 0 Å². The van der Waals surface area contributed by atoms with Gasteiger partial charge in [-0.05, 0) is 38.3 Å². The fourth-order valence-electron chi connectivity index (χ4n) is 3.89. The second-order valence-corrected chi connectivity index (χ2v) is 6.83. The fourth-order valence-corrected chi connectivity index (χ4v) is 3.89. The largest absolute Gasteiger partial charge is 0.493 e. The molecule has 0 bridgehead atoms. The van der Waals surface area contributed by atoms with Gasteiger partial charge in [-0.2, -0.15) is 5.10 Å². The molecule has 1 aromatic heterocycles. The van der Waals surface area contributed by atoms with Gasteiger partial charge in [-0.3, -0.25) is 9.89 Å². The number of aryl methyl sites for hydroxylation is 1. The molecule has 2 aliphatic rings. The molecule has 0 unspecified atom stereocenters. The van der Waals surface area contributed by atoms with Crippen LogP contribution in [0.25, 0.3) is 0 Å². The number of nitrogens with one attached hydrogen (secondary N) is 1. The van der Waals surface area contributed by atoms with Crippen molar-refractivity contribution in [1.29, 1.82) is 0 Å². The lowest BCUT2D eigenvalue weighted by Gasteiger charge is -2.36. The summed E-state index contributed by atoms with van der Waals surface area (Å²) in [5.74, 6) is 1.36. The number of fused-ring (bicyclic) bond motifs is 1. The lowest BCUT2D eigenvalue weighted by atomic mass is 9.89. The molecule has 3 heterocycles. The molecule has 2 atom stereocenters. The number of hydrogen-bond acceptors (Lipinski definition) is 3. The van der Waals surface area contributed by atoms with Crippen LogP contribution in [0.2, 0.25) is 0 Å². The number of benzene rings is 1. The van der Waals surface area contributed by atoms with Gasteiger partial charge in [0.15, 0.2) is 0 Å². The van der Waals surface area contributed by atoms with Gasteiger partial charge in [-0.15, -0.1) is 0 Å². The van der Waals surface area contributed by atoms with Crippen LogP contribution in [0.1, 0.15) is 48.0 Å². The van der Waals surface area contributed by atoms with Crippen LogP contribution in [-0.4, -0.2) is 40.7 Å². The molecule has 0 radical (unpaired) electrons. The summed E-state index contributed by atoms with van der Waals surface area (Å²) in [4.78, 5) is 15.2. The first-order chi connectivity index (χ1) is 11.7. The number of nitrogens with zero attached hydrogens (tertiary/aromatic N) is 2. The monoisotopic (exact) mass is 325 g/mol. The number of ether oxygens (including phenoxy) is 1. The first-order valence-corrected chi connectivity index (χ1v) is 8.75. The quantitative estimate of drug-likeness (QED) is 0.923. The van der Waals surface area contributed by atoms with Crippen molar-refractivity contribution in [2.45, 2.75) is 38.0 Å². The zero-order chi connectivity index (χ0) is 16.5. The maximum Gasteiger partial charge on any atom is 0.230 e. The molecule has 1 aromatic carbocycles. The van der Waals surface area contributed by atoms with Crippen molar-refractivity contribution in [2.24, 2.45) is 0 Å². The highest BCUT2D eigenvalue weighted by molar-refractivity contribution is 5.85. The molecule has 1 saturated heterocycles. The van der Waals surface area contributed by atoms with Gasteiger partial charge < -0.3 is 9.64 Å². The molecule has 126 valence electrons. The van der Waals surface area contributed by atoms with Gasteiger partial charge in [-0.1, -0.05) is 18.2 Å². The van der Waals surface area contributed by atoms with E-state index in [9.17, 15) is 4.79 Å². The third kappa shape index (κ3) is 2.79. The number of rotatable bonds is 2. The van der Waals surface area contributed by atoms with E-state index in [0.29, 0.717) is 12.5 Å². The average molecular weight is 325 g/mol. The molecule has 0 saturated carbocycles. The maximum atomic E-state index is 13.1. The van der Waals surface area contributed by atoms with Gasteiger partial charge in [-0.25, -0.2) is 0 Å². The molecule has 5 nitrogen and oxygen atoms in total. The lowest BCUT2D eigenvalue weighted by molar-refractivity contribution is -0.134. The number of carbonyl (C=O) groups is 1. The summed E-state index contributed by atoms with van der Waals surface area (Å²) in [6.45, 7) is 4.24. The summed E-state index contributed by atoms with van der Waals surface area (Å²) in [5.41, 5.74) is 3.19. The van der Waals surface area contributed by atoms with Crippen molar-refractivity contribution in [3.63, 3.8) is 0 Å². The molecule has 5 heteroatoms. The van der Waals surface area contributed by atoms with E-state index in [0.717, 1.165) is 55.1 Å². The highest BCUT2D eigenvalue weighted by Crippen LogP contribution is 2.36. The van der Waals surface area contributed by atoms with Crippen molar-refractivity contribution in [3.05, 3.63) is 47.3 Å². The van der Waals surface area contributed by atoms with E-state index in [1.807, 2.05) is 36.1 Å². The Balaban J connectivity index is 1.52. The minimum absolute atomic E-state index is 0.0744. The minimum Gasteiger partial charge on any atom is -0.493 e. The topological polar surface area (TPSA) is 58.2 Å². The third-order valence-corrected chi connectivity index (χ3v) is 5.13. The Morgan fingerprint density at radius 2 is 2.21 bits per heavy atom. The number of hydrogen-bond donors (Lipinski definition) is 1. The summed E-state index contributed by atoms with van der Waals surface area (Å²) in [6, 6.07) is 10.0. The molecule has 2 aliphatic heterocycles. The second kappa shape index (κ2) is 6.30. The van der Waals surface area contributed by atoms with Crippen LogP contribution < -0.4 is 4.74 Å². The van der Waals surface area contributed by atoms with E-state index in [2.05, 4.69) is 16.3 Å². The predicted molar refractivity (Wildman–Crippen MR) is 91.2 cm³/mol. The fraction of sp³-hybridized carbons (Fsp3) is 0.474. The number of amides is 1. The van der Waals surface area contributed by atoms with E-state index >= 15 is 0 Å². The van der Waals surface area contributed by atoms with E-state index in [1.54, 1.807) is 0 Å². The zero-order valence-corrected chi connectivity index (χ0v) is 14.0. The van der Waals surface area contributed by atoms with Crippen LogP contribution in [-0.2, 0) is 4.79 Å². The van der Waals surface area contributed by atoms with Crippen LogP contribution in [0.4, 0.5) is 0 Å². The van der Waals surface area contributed by atoms with Crippen LogP contribution in [0, 0.1) is 6.92 Å². The number of piperidine rings is 1. The molecule has 24 heavy (non-hydrogen) atoms. The molecule has 1 N–H and O–H groups in total. The SMILES string of the molecule is Cc1cc([C@H]2CCCN(C(=O)[C@@H]3CCOc4ccccc43)C2)n[nH]1. The Morgan fingerprint density at radius 1 is 1.33 bits per heavy atom. The van der Waals surface area contributed by atoms with Gasteiger partial charge in [0.1, 0.15) is 5.75 Å². The first kappa shape index (κ1) is 15.2. The lowest BCUT2D eigenvalue weighted by Crippen LogP contribution is -2.42. The number of para-hydroxylation sites is 1. The summed E-state index contributed by atoms with van der Waals surface area (Å²) in [7, 11) is 0. The van der Waals surface area contributed by atoms with Gasteiger partial charge in [0.05, 0.1) is 18.2 Å². The van der Waals surface area contributed by atoms with Crippen molar-refractivity contribution in [2.75, 3.05) is 19.7 Å². The number of carbonyl (C=O) groups excluding carboxylic acids is 1. The molecular weight excluding hydrogens is 302 g/mol. The minimum atomic E-state index is -0.0744. The highest BCUT2D eigenvalue weighted by atomic mass is 16.5. The smallest absolute Gasteiger partial charge is 0.230 e. The molecule has 1 fully saturated rings. The Kier molecular flexibility index (Phi) is 4.00. The molecule has 1 amide bonds. The highest BCUT2D eigenvalue weighted by Gasteiger charge is 2.34. The Labute approximate surface area is 142 Å². The van der Waals surface area contributed by atoms with Crippen LogP contribution in [0.5, 0.6) is 5.75 Å². The summed E-state index contributed by atoms with van der Waals surface area (Å²) in [5, 5.41) is 7.42. The van der Waals surface area contributed by atoms with Crippen molar-refractivity contribution < 1.29 is 9.53 Å². The Bertz CT molecular complexity index is 740. The molecule has 0 spiro atoms. The molecular formula is C19H23N3O2. The standard InChI is InChI=1S/C19H23N3O2/c1-13-11-17(21-20-13)14-5-4-9-22(12-14)19(23)16-8-10-24-18-7-3-2-6-15(16)18/h2-3,6-7,11,14,16H,4-5,8-10,12H2,1H3,(H,20,21)/t14-,16+/m0/s1. The second-order valence-electron chi connectivity index (χ2n) is 6.83. The van der Waals surface area contributed by atoms with Crippen molar-refractivity contribution in [1.82, 2.24) is 15.1 Å². The van der Waals surface area contributed by atoms with Crippen LogP contribution in [0.15, 0.2) is 30.3 Å². The van der Waals surface area contributed by atoms with Gasteiger partial charge in [0.2, 0.25) is 5.91 Å². The van der Waals surface area contributed by atoms with Crippen molar-refractivity contribution in [3.8, 4) is 5.75 Å². The number of aromatic nitrogens is 2. The normalized spacial score (nSPS) is 23.5. The summed E-state index contributed by atoms with van der Waals surface area (Å²) >= 11 is 0. The van der Waals surface area contributed by atoms with Crippen molar-refractivity contribution >= 4 is 5.91 Å². The average Bonchev–Trinajstić information content (AvgIpc) is 3.07. The zero-order valence-electron chi connectivity index (χ0n) is 14.0. The molecule has 2 aromatic rings. The third-order valence-electron chi connectivity index (χ3n) is 5.13. The van der Waals surface area contributed by atoms with E-state index in [-0.39, 0.29) is 11.8 Å². The number of aromatic amines is 1. The number of H-pyrrole nitrogens is 1. The van der Waals surface area contributed by atoms with Gasteiger partial charge in [0, 0.05) is 30.3 Å². The van der Waals surface area contributed by atoms with E-state index < -0.39 is 0 Å². The molecule has 4 rings (SSSR count). The Morgan fingerprint density at radius 3 is 3.04 bits per heavy atom.